The van der Waals surface area contributed by atoms with Gasteiger partial charge in [0.2, 0.25) is 5.91 Å². The molecule has 1 amide bonds. The summed E-state index contributed by atoms with van der Waals surface area (Å²) in [6, 6.07) is 6.09. The van der Waals surface area contributed by atoms with Gasteiger partial charge in [-0.05, 0) is 24.1 Å². The molecular weight excluding hydrogens is 230 g/mol. The molecule has 1 aromatic rings. The van der Waals surface area contributed by atoms with Crippen LogP contribution in [-0.4, -0.2) is 12.5 Å². The highest BCUT2D eigenvalue weighted by atomic mass is 79.9. The summed E-state index contributed by atoms with van der Waals surface area (Å²) < 4.78 is 1.03. The molecule has 13 heavy (non-hydrogen) atoms. The summed E-state index contributed by atoms with van der Waals surface area (Å²) in [4.78, 5) is 13.1. The molecule has 0 unspecified atom stereocenters. The van der Waals surface area contributed by atoms with Crippen LogP contribution in [0.2, 0.25) is 0 Å². The largest absolute Gasteiger partial charge is 0.312 e. The summed E-state index contributed by atoms with van der Waals surface area (Å²) in [5.41, 5.74) is 2.32. The van der Waals surface area contributed by atoms with Crippen LogP contribution in [0.25, 0.3) is 0 Å². The fourth-order valence-corrected chi connectivity index (χ4v) is 2.03. The van der Waals surface area contributed by atoms with Gasteiger partial charge in [0.15, 0.2) is 0 Å². The Morgan fingerprint density at radius 3 is 3.00 bits per heavy atom. The van der Waals surface area contributed by atoms with Crippen LogP contribution in [0.1, 0.15) is 12.5 Å². The van der Waals surface area contributed by atoms with Crippen LogP contribution < -0.4 is 4.90 Å². The number of benzene rings is 1. The van der Waals surface area contributed by atoms with Crippen LogP contribution in [0.5, 0.6) is 0 Å². The molecule has 0 atom stereocenters. The molecule has 0 N–H and O–H groups in total. The van der Waals surface area contributed by atoms with Crippen molar-refractivity contribution in [3.05, 3.63) is 28.2 Å². The number of anilines is 1. The van der Waals surface area contributed by atoms with Crippen molar-refractivity contribution in [3.63, 3.8) is 0 Å². The summed E-state index contributed by atoms with van der Waals surface area (Å²) in [6.07, 6.45) is 0.974. The molecule has 0 radical (unpaired) electrons. The van der Waals surface area contributed by atoms with Crippen molar-refractivity contribution < 1.29 is 4.79 Å². The number of carbonyl (C=O) groups is 1. The first-order chi connectivity index (χ1) is 6.18. The van der Waals surface area contributed by atoms with Gasteiger partial charge in [-0.15, -0.1) is 0 Å². The van der Waals surface area contributed by atoms with Gasteiger partial charge < -0.3 is 4.90 Å². The average Bonchev–Trinajstić information content (AvgIpc) is 2.46. The van der Waals surface area contributed by atoms with Crippen LogP contribution in [-0.2, 0) is 11.2 Å². The van der Waals surface area contributed by atoms with E-state index in [4.69, 9.17) is 0 Å². The van der Waals surface area contributed by atoms with Crippen molar-refractivity contribution in [2.24, 2.45) is 0 Å². The molecule has 2 nitrogen and oxygen atoms in total. The molecule has 0 saturated heterocycles. The van der Waals surface area contributed by atoms with E-state index in [1.165, 1.54) is 5.56 Å². The van der Waals surface area contributed by atoms with Crippen LogP contribution in [0, 0.1) is 0 Å². The lowest BCUT2D eigenvalue weighted by molar-refractivity contribution is -0.116. The number of fused-ring (bicyclic) bond motifs is 1. The molecule has 2 rings (SSSR count). The maximum atomic E-state index is 11.2. The highest BCUT2D eigenvalue weighted by Crippen LogP contribution is 2.30. The van der Waals surface area contributed by atoms with Gasteiger partial charge in [0.1, 0.15) is 0 Å². The first-order valence-corrected chi connectivity index (χ1v) is 5.04. The van der Waals surface area contributed by atoms with Crippen LogP contribution in [0.3, 0.4) is 0 Å². The molecule has 0 bridgehead atoms. The summed E-state index contributed by atoms with van der Waals surface area (Å²) >= 11 is 3.40. The molecule has 0 spiro atoms. The second-order valence-electron chi connectivity index (χ2n) is 3.19. The van der Waals surface area contributed by atoms with E-state index in [0.717, 1.165) is 23.1 Å². The number of carbonyl (C=O) groups excluding carboxylic acids is 1. The minimum atomic E-state index is 0.122. The Hall–Kier alpha value is -0.830. The molecule has 1 aliphatic rings. The second-order valence-corrected chi connectivity index (χ2v) is 4.11. The molecule has 1 aliphatic heterocycles. The van der Waals surface area contributed by atoms with E-state index in [1.807, 2.05) is 17.0 Å². The van der Waals surface area contributed by atoms with Crippen molar-refractivity contribution in [2.45, 2.75) is 13.3 Å². The summed E-state index contributed by atoms with van der Waals surface area (Å²) in [7, 11) is 0. The van der Waals surface area contributed by atoms with E-state index in [1.54, 1.807) is 6.92 Å². The van der Waals surface area contributed by atoms with E-state index in [-0.39, 0.29) is 5.91 Å². The van der Waals surface area contributed by atoms with Gasteiger partial charge in [0, 0.05) is 23.6 Å². The molecule has 0 aliphatic carbocycles. The number of halogens is 1. The van der Waals surface area contributed by atoms with Gasteiger partial charge in [-0.25, -0.2) is 0 Å². The predicted octanol–water partition coefficient (Wildman–Crippen LogP) is 2.36. The number of amides is 1. The Bertz CT molecular complexity index is 362. The molecule has 1 aromatic carbocycles. The zero-order valence-corrected chi connectivity index (χ0v) is 8.97. The number of rotatable bonds is 0. The maximum absolute atomic E-state index is 11.2. The van der Waals surface area contributed by atoms with Gasteiger partial charge in [-0.3, -0.25) is 4.79 Å². The second kappa shape index (κ2) is 3.14. The Morgan fingerprint density at radius 1 is 1.54 bits per heavy atom. The molecule has 1 heterocycles. The van der Waals surface area contributed by atoms with E-state index in [2.05, 4.69) is 22.0 Å². The van der Waals surface area contributed by atoms with E-state index >= 15 is 0 Å². The SMILES string of the molecule is CC(=O)N1CCc2ccc(Br)cc21. The first-order valence-electron chi connectivity index (χ1n) is 4.25. The molecule has 0 saturated carbocycles. The van der Waals surface area contributed by atoms with Crippen molar-refractivity contribution in [3.8, 4) is 0 Å². The standard InChI is InChI=1S/C10H10BrNO/c1-7(13)12-5-4-8-2-3-9(11)6-10(8)12/h2-3,6H,4-5H2,1H3. The van der Waals surface area contributed by atoms with Crippen LogP contribution >= 0.6 is 15.9 Å². The minimum Gasteiger partial charge on any atom is -0.312 e. The van der Waals surface area contributed by atoms with Crippen molar-refractivity contribution >= 4 is 27.5 Å². The maximum Gasteiger partial charge on any atom is 0.223 e. The molecule has 68 valence electrons. The highest BCUT2D eigenvalue weighted by Gasteiger charge is 2.21. The molecule has 0 aromatic heterocycles. The fraction of sp³-hybridized carbons (Fsp3) is 0.300. The number of hydrogen-bond acceptors (Lipinski definition) is 1. The summed E-state index contributed by atoms with van der Waals surface area (Å²) in [5.74, 6) is 0.122. The van der Waals surface area contributed by atoms with Gasteiger partial charge in [0.25, 0.3) is 0 Å². The van der Waals surface area contributed by atoms with Gasteiger partial charge in [-0.1, -0.05) is 22.0 Å². The Kier molecular flexibility index (Phi) is 2.12. The van der Waals surface area contributed by atoms with Gasteiger partial charge >= 0.3 is 0 Å². The monoisotopic (exact) mass is 239 g/mol. The van der Waals surface area contributed by atoms with Crippen molar-refractivity contribution in [1.82, 2.24) is 0 Å². The number of hydrogen-bond donors (Lipinski definition) is 0. The zero-order valence-electron chi connectivity index (χ0n) is 7.38. The summed E-state index contributed by atoms with van der Waals surface area (Å²) in [5, 5.41) is 0. The van der Waals surface area contributed by atoms with Crippen molar-refractivity contribution in [2.75, 3.05) is 11.4 Å². The normalized spacial score (nSPS) is 14.5. The smallest absolute Gasteiger partial charge is 0.223 e. The Balaban J connectivity index is 2.46. The van der Waals surface area contributed by atoms with E-state index < -0.39 is 0 Å². The molecule has 3 heteroatoms. The van der Waals surface area contributed by atoms with Crippen LogP contribution in [0.4, 0.5) is 5.69 Å². The molecule has 0 fully saturated rings. The Morgan fingerprint density at radius 2 is 2.31 bits per heavy atom. The van der Waals surface area contributed by atoms with E-state index in [0.29, 0.717) is 0 Å². The molecular formula is C10H10BrNO. The lowest BCUT2D eigenvalue weighted by atomic mass is 10.2. The average molecular weight is 240 g/mol. The fourth-order valence-electron chi connectivity index (χ4n) is 1.68. The van der Waals surface area contributed by atoms with Crippen LogP contribution in [0.15, 0.2) is 22.7 Å². The third-order valence-corrected chi connectivity index (χ3v) is 2.82. The zero-order chi connectivity index (χ0) is 9.42. The highest BCUT2D eigenvalue weighted by molar-refractivity contribution is 9.10. The predicted molar refractivity (Wildman–Crippen MR) is 55.9 cm³/mol. The van der Waals surface area contributed by atoms with Gasteiger partial charge in [0.05, 0.1) is 0 Å². The lowest BCUT2D eigenvalue weighted by Gasteiger charge is -2.14. The third-order valence-electron chi connectivity index (χ3n) is 2.32. The number of nitrogens with zero attached hydrogens (tertiary/aromatic N) is 1. The minimum absolute atomic E-state index is 0.122. The van der Waals surface area contributed by atoms with Crippen molar-refractivity contribution in [1.29, 1.82) is 0 Å². The third kappa shape index (κ3) is 1.48. The summed E-state index contributed by atoms with van der Waals surface area (Å²) in [6.45, 7) is 2.43. The lowest BCUT2D eigenvalue weighted by Crippen LogP contribution is -2.25. The van der Waals surface area contributed by atoms with E-state index in [9.17, 15) is 4.79 Å². The topological polar surface area (TPSA) is 20.3 Å². The first kappa shape index (κ1) is 8.75. The quantitative estimate of drug-likeness (QED) is 0.681. The Labute approximate surface area is 85.7 Å². The van der Waals surface area contributed by atoms with Gasteiger partial charge in [-0.2, -0.15) is 0 Å².